The van der Waals surface area contributed by atoms with E-state index >= 15 is 0 Å². The van der Waals surface area contributed by atoms with Crippen LogP contribution in [0.2, 0.25) is 0 Å². The van der Waals surface area contributed by atoms with Gasteiger partial charge in [0, 0.05) is 24.5 Å². The Morgan fingerprint density at radius 2 is 1.89 bits per heavy atom. The predicted molar refractivity (Wildman–Crippen MR) is 101 cm³/mol. The number of hydrogen-bond acceptors (Lipinski definition) is 2. The number of rotatable bonds is 3. The van der Waals surface area contributed by atoms with E-state index in [0.29, 0.717) is 26.6 Å². The number of aromatic nitrogens is 2. The molecule has 0 saturated heterocycles. The molecule has 1 N–H and O–H groups in total. The normalized spacial score (nSPS) is 11.5. The standard InChI is InChI=1S/C18H12F4IN3O/c1-26-9-12(16(23)25-26)17(27)24-15-5-3-2-4-11(15)10-6-7-13(14(19)8-10)18(20,21)22/h2-9H,1H3,(H,24,27). The molecule has 4 nitrogen and oxygen atoms in total. The van der Waals surface area contributed by atoms with Crippen LogP contribution in [-0.2, 0) is 13.2 Å². The van der Waals surface area contributed by atoms with Crippen molar-refractivity contribution in [2.24, 2.45) is 7.05 Å². The van der Waals surface area contributed by atoms with Crippen LogP contribution in [0.4, 0.5) is 23.2 Å². The molecule has 9 heteroatoms. The van der Waals surface area contributed by atoms with Gasteiger partial charge in [0.1, 0.15) is 9.52 Å². The lowest BCUT2D eigenvalue weighted by molar-refractivity contribution is -0.139. The number of anilines is 1. The van der Waals surface area contributed by atoms with Crippen LogP contribution in [0.1, 0.15) is 15.9 Å². The van der Waals surface area contributed by atoms with E-state index in [1.54, 1.807) is 37.5 Å². The van der Waals surface area contributed by atoms with E-state index in [1.807, 2.05) is 22.6 Å². The summed E-state index contributed by atoms with van der Waals surface area (Å²) >= 11 is 1.93. The zero-order valence-electron chi connectivity index (χ0n) is 13.8. The number of carbonyl (C=O) groups excluding carboxylic acids is 1. The lowest BCUT2D eigenvalue weighted by Gasteiger charge is -2.13. The molecule has 0 aliphatic heterocycles. The summed E-state index contributed by atoms with van der Waals surface area (Å²) < 4.78 is 54.2. The Balaban J connectivity index is 1.96. The smallest absolute Gasteiger partial charge is 0.321 e. The maximum atomic E-state index is 13.9. The van der Waals surface area contributed by atoms with E-state index in [9.17, 15) is 22.4 Å². The first-order valence-electron chi connectivity index (χ1n) is 7.63. The van der Waals surface area contributed by atoms with Crippen LogP contribution in [-0.4, -0.2) is 15.7 Å². The summed E-state index contributed by atoms with van der Waals surface area (Å²) in [4.78, 5) is 12.5. The van der Waals surface area contributed by atoms with Gasteiger partial charge in [-0.1, -0.05) is 24.3 Å². The van der Waals surface area contributed by atoms with Crippen LogP contribution < -0.4 is 5.32 Å². The maximum Gasteiger partial charge on any atom is 0.419 e. The predicted octanol–water partition coefficient (Wildman–Crippen LogP) is 5.10. The van der Waals surface area contributed by atoms with Gasteiger partial charge >= 0.3 is 6.18 Å². The molecule has 0 atom stereocenters. The second-order valence-electron chi connectivity index (χ2n) is 5.70. The highest BCUT2D eigenvalue weighted by Gasteiger charge is 2.34. The van der Waals surface area contributed by atoms with Gasteiger partial charge < -0.3 is 5.32 Å². The van der Waals surface area contributed by atoms with E-state index in [0.717, 1.165) is 6.07 Å². The molecule has 0 fully saturated rings. The fourth-order valence-electron chi connectivity index (χ4n) is 2.56. The number of amides is 1. The lowest BCUT2D eigenvalue weighted by Crippen LogP contribution is -2.13. The number of para-hydroxylation sites is 1. The molecular formula is C18H12F4IN3O. The van der Waals surface area contributed by atoms with Crippen molar-refractivity contribution in [3.63, 3.8) is 0 Å². The van der Waals surface area contributed by atoms with E-state index < -0.39 is 23.5 Å². The zero-order chi connectivity index (χ0) is 19.8. The molecule has 1 amide bonds. The van der Waals surface area contributed by atoms with Crippen molar-refractivity contribution < 1.29 is 22.4 Å². The first-order chi connectivity index (χ1) is 12.7. The summed E-state index contributed by atoms with van der Waals surface area (Å²) in [6.45, 7) is 0. The average Bonchev–Trinajstić information content (AvgIpc) is 2.92. The maximum absolute atomic E-state index is 13.9. The molecule has 0 saturated carbocycles. The van der Waals surface area contributed by atoms with Crippen molar-refractivity contribution in [1.29, 1.82) is 0 Å². The summed E-state index contributed by atoms with van der Waals surface area (Å²) in [7, 11) is 1.68. The van der Waals surface area contributed by atoms with E-state index in [4.69, 9.17) is 0 Å². The second kappa shape index (κ2) is 7.29. The van der Waals surface area contributed by atoms with Gasteiger partial charge in [-0.3, -0.25) is 9.48 Å². The summed E-state index contributed by atoms with van der Waals surface area (Å²) in [6.07, 6.45) is -3.22. The number of hydrogen-bond donors (Lipinski definition) is 1. The average molecular weight is 489 g/mol. The number of halogens is 5. The highest BCUT2D eigenvalue weighted by atomic mass is 127. The third-order valence-electron chi connectivity index (χ3n) is 3.79. The van der Waals surface area contributed by atoms with Crippen LogP contribution >= 0.6 is 22.6 Å². The molecule has 3 aromatic rings. The highest BCUT2D eigenvalue weighted by Crippen LogP contribution is 2.35. The number of benzene rings is 2. The number of alkyl halides is 3. The Morgan fingerprint density at radius 3 is 2.48 bits per heavy atom. The first kappa shape index (κ1) is 19.3. The summed E-state index contributed by atoms with van der Waals surface area (Å²) in [6, 6.07) is 9.15. The van der Waals surface area contributed by atoms with E-state index in [2.05, 4.69) is 10.4 Å². The van der Waals surface area contributed by atoms with Crippen molar-refractivity contribution in [1.82, 2.24) is 9.78 Å². The van der Waals surface area contributed by atoms with Crippen LogP contribution in [0.3, 0.4) is 0 Å². The molecule has 1 heterocycles. The quantitative estimate of drug-likeness (QED) is 0.411. The van der Waals surface area contributed by atoms with Crippen LogP contribution in [0.25, 0.3) is 11.1 Å². The third kappa shape index (κ3) is 4.12. The van der Waals surface area contributed by atoms with Gasteiger partial charge in [0.05, 0.1) is 11.1 Å². The molecule has 0 aliphatic rings. The van der Waals surface area contributed by atoms with Crippen molar-refractivity contribution in [2.45, 2.75) is 6.18 Å². The van der Waals surface area contributed by atoms with Gasteiger partial charge in [0.25, 0.3) is 5.91 Å². The van der Waals surface area contributed by atoms with E-state index in [1.165, 1.54) is 10.7 Å². The van der Waals surface area contributed by atoms with Gasteiger partial charge in [-0.2, -0.15) is 18.3 Å². The summed E-state index contributed by atoms with van der Waals surface area (Å²) in [5, 5.41) is 6.79. The SMILES string of the molecule is Cn1cc(C(=O)Nc2ccccc2-c2ccc(C(F)(F)F)c(F)c2)c(I)n1. The van der Waals surface area contributed by atoms with Crippen LogP contribution in [0.5, 0.6) is 0 Å². The Hall–Kier alpha value is -2.43. The fraction of sp³-hybridized carbons (Fsp3) is 0.111. The number of nitrogens with one attached hydrogen (secondary N) is 1. The van der Waals surface area contributed by atoms with Crippen molar-refractivity contribution in [2.75, 3.05) is 5.32 Å². The van der Waals surface area contributed by atoms with Crippen molar-refractivity contribution in [3.05, 3.63) is 69.3 Å². The molecule has 0 bridgehead atoms. The van der Waals surface area contributed by atoms with Crippen molar-refractivity contribution >= 4 is 34.2 Å². The Kier molecular flexibility index (Phi) is 5.22. The van der Waals surface area contributed by atoms with Gasteiger partial charge in [-0.05, 0) is 46.4 Å². The first-order valence-corrected chi connectivity index (χ1v) is 8.71. The van der Waals surface area contributed by atoms with Gasteiger partial charge in [0.15, 0.2) is 0 Å². The second-order valence-corrected chi connectivity index (χ2v) is 6.72. The molecule has 140 valence electrons. The Morgan fingerprint density at radius 1 is 1.19 bits per heavy atom. The van der Waals surface area contributed by atoms with Gasteiger partial charge in [-0.25, -0.2) is 4.39 Å². The molecule has 1 aromatic heterocycles. The third-order valence-corrected chi connectivity index (χ3v) is 4.59. The van der Waals surface area contributed by atoms with Gasteiger partial charge in [0.2, 0.25) is 0 Å². The number of aryl methyl sites for hydroxylation is 1. The van der Waals surface area contributed by atoms with Crippen LogP contribution in [0.15, 0.2) is 48.7 Å². The van der Waals surface area contributed by atoms with Crippen LogP contribution in [0, 0.1) is 9.52 Å². The summed E-state index contributed by atoms with van der Waals surface area (Å²) in [5.74, 6) is -1.80. The Bertz CT molecular complexity index is 1010. The molecular weight excluding hydrogens is 477 g/mol. The monoisotopic (exact) mass is 489 g/mol. The largest absolute Gasteiger partial charge is 0.419 e. The minimum Gasteiger partial charge on any atom is -0.321 e. The molecule has 27 heavy (non-hydrogen) atoms. The highest BCUT2D eigenvalue weighted by molar-refractivity contribution is 14.1. The topological polar surface area (TPSA) is 46.9 Å². The zero-order valence-corrected chi connectivity index (χ0v) is 16.0. The molecule has 0 unspecified atom stereocenters. The molecule has 3 rings (SSSR count). The summed E-state index contributed by atoms with van der Waals surface area (Å²) in [5.41, 5.74) is -0.0137. The van der Waals surface area contributed by atoms with E-state index in [-0.39, 0.29) is 5.56 Å². The fourth-order valence-corrected chi connectivity index (χ4v) is 3.28. The Labute approximate surface area is 165 Å². The van der Waals surface area contributed by atoms with Crippen molar-refractivity contribution in [3.8, 4) is 11.1 Å². The molecule has 2 aromatic carbocycles. The molecule has 0 radical (unpaired) electrons. The van der Waals surface area contributed by atoms with Gasteiger partial charge in [-0.15, -0.1) is 0 Å². The minimum atomic E-state index is -4.77. The number of carbonyl (C=O) groups is 1. The molecule has 0 aliphatic carbocycles. The molecule has 0 spiro atoms. The minimum absolute atomic E-state index is 0.220. The number of nitrogens with zero attached hydrogens (tertiary/aromatic N) is 2. The lowest BCUT2D eigenvalue weighted by atomic mass is 10.0.